The summed E-state index contributed by atoms with van der Waals surface area (Å²) in [5.74, 6) is -0.953. The highest BCUT2D eigenvalue weighted by Gasteiger charge is 2.46. The van der Waals surface area contributed by atoms with Crippen LogP contribution in [0.15, 0.2) is 224 Å². The molecule has 9 aromatic carbocycles. The molecule has 0 radical (unpaired) electrons. The maximum Gasteiger partial charge on any atom is 0.165 e. The Morgan fingerprint density at radius 3 is 1.68 bits per heavy atom. The van der Waals surface area contributed by atoms with E-state index in [1.807, 2.05) is 66.7 Å². The zero-order valence-electron chi connectivity index (χ0n) is 48.4. The number of hydrogen-bond donors (Lipinski definition) is 0. The summed E-state index contributed by atoms with van der Waals surface area (Å²) in [5, 5.41) is -0.120. The number of hydrogen-bond acceptors (Lipinski definition) is 4. The topological polar surface area (TPSA) is 38.7 Å². The lowest BCUT2D eigenvalue weighted by Crippen LogP contribution is -2.28. The fraction of sp³-hybridized carbons (Fsp3) is 0.0172. The van der Waals surface area contributed by atoms with Crippen molar-refractivity contribution >= 4 is 31.5 Å². The third-order valence-electron chi connectivity index (χ3n) is 11.4. The molecule has 4 heteroatoms. The van der Waals surface area contributed by atoms with Crippen molar-refractivity contribution in [2.75, 3.05) is 0 Å². The Hall–Kier alpha value is -7.79. The summed E-state index contributed by atoms with van der Waals surface area (Å²) in [5.41, 5.74) is 5.28. The second-order valence-corrected chi connectivity index (χ2v) is 15.7. The summed E-state index contributed by atoms with van der Waals surface area (Å²) < 4.78 is 143. The van der Waals surface area contributed by atoms with E-state index >= 15 is 0 Å². The third kappa shape index (κ3) is 5.68. The molecule has 0 amide bonds. The van der Waals surface area contributed by atoms with Gasteiger partial charge in [0.05, 0.1) is 27.3 Å². The SMILES string of the molecule is [2H]c1c([2H])c([2H])c(-c2c([2H])c([2H])c([2H])c([2H])c2-c2nc(-c3ccccc3-c3ccc4c(c3)C(c3ccccc3)(c3ccccc3)c3ccccc3-4)nc(-c3c([2H])c([2H])c([2H])c4c3sc3c([2H])c([2H])c([2H])c([2H])c34)n2)c([2H])c1[2H]. The van der Waals surface area contributed by atoms with Crippen molar-refractivity contribution in [3.63, 3.8) is 0 Å². The van der Waals surface area contributed by atoms with E-state index in [4.69, 9.17) is 32.8 Å². The van der Waals surface area contributed by atoms with Gasteiger partial charge in [-0.05, 0) is 73.8 Å². The van der Waals surface area contributed by atoms with Gasteiger partial charge in [0.2, 0.25) is 0 Å². The first kappa shape index (κ1) is 23.3. The number of thiophene rings is 1. The summed E-state index contributed by atoms with van der Waals surface area (Å²) >= 11 is 0.842. The molecule has 12 rings (SSSR count). The number of rotatable bonds is 7. The van der Waals surface area contributed by atoms with Gasteiger partial charge in [-0.1, -0.05) is 206 Å². The van der Waals surface area contributed by atoms with Crippen LogP contribution >= 0.6 is 11.3 Å². The Kier molecular flexibility index (Phi) is 5.53. The Morgan fingerprint density at radius 2 is 0.919 bits per heavy atom. The van der Waals surface area contributed by atoms with Gasteiger partial charge in [-0.15, -0.1) is 11.3 Å². The Labute approximate surface area is 386 Å². The lowest BCUT2D eigenvalue weighted by Gasteiger charge is -2.34. The first-order valence-electron chi connectivity index (χ1n) is 27.7. The summed E-state index contributed by atoms with van der Waals surface area (Å²) in [4.78, 5) is 14.8. The molecule has 1 aliphatic rings. The highest BCUT2D eigenvalue weighted by Crippen LogP contribution is 2.57. The molecule has 0 aliphatic heterocycles. The number of aromatic nitrogens is 3. The van der Waals surface area contributed by atoms with Crippen molar-refractivity contribution < 1.29 is 21.9 Å². The zero-order chi connectivity index (χ0) is 55.0. The molecule has 0 spiro atoms. The minimum Gasteiger partial charge on any atom is -0.208 e. The molecular formula is C58H37N3S. The molecule has 2 heterocycles. The molecule has 62 heavy (non-hydrogen) atoms. The highest BCUT2D eigenvalue weighted by molar-refractivity contribution is 7.26. The predicted molar refractivity (Wildman–Crippen MR) is 257 cm³/mol. The molecule has 0 N–H and O–H groups in total. The Bertz CT molecular complexity index is 4350. The summed E-state index contributed by atoms with van der Waals surface area (Å²) in [6, 6.07) is 31.6. The van der Waals surface area contributed by atoms with Gasteiger partial charge in [0.25, 0.3) is 0 Å². The van der Waals surface area contributed by atoms with E-state index in [9.17, 15) is 4.11 Å². The van der Waals surface area contributed by atoms with Crippen LogP contribution in [0.3, 0.4) is 0 Å². The average Bonchev–Trinajstić information content (AvgIpc) is 3.95. The monoisotopic (exact) mass is 823 g/mol. The van der Waals surface area contributed by atoms with E-state index in [1.54, 1.807) is 12.1 Å². The minimum atomic E-state index is -0.791. The molecule has 290 valence electrons. The second kappa shape index (κ2) is 14.7. The van der Waals surface area contributed by atoms with Gasteiger partial charge in [-0.3, -0.25) is 0 Å². The van der Waals surface area contributed by atoms with Crippen molar-refractivity contribution in [2.45, 2.75) is 5.41 Å². The Morgan fingerprint density at radius 1 is 0.371 bits per heavy atom. The first-order chi connectivity index (χ1) is 37.4. The minimum absolute atomic E-state index is 0.0390. The van der Waals surface area contributed by atoms with Gasteiger partial charge in [-0.25, -0.2) is 15.0 Å². The van der Waals surface area contributed by atoms with Crippen LogP contribution in [0.2, 0.25) is 0 Å². The van der Waals surface area contributed by atoms with Gasteiger partial charge < -0.3 is 0 Å². The van der Waals surface area contributed by atoms with Crippen molar-refractivity contribution in [3.05, 3.63) is 246 Å². The Balaban J connectivity index is 1.19. The summed E-state index contributed by atoms with van der Waals surface area (Å²) in [6.45, 7) is 0. The molecule has 0 atom stereocenters. The van der Waals surface area contributed by atoms with Crippen LogP contribution in [0.1, 0.15) is 44.2 Å². The van der Waals surface area contributed by atoms with Crippen LogP contribution < -0.4 is 0 Å². The number of nitrogens with zero attached hydrogens (tertiary/aromatic N) is 3. The fourth-order valence-electron chi connectivity index (χ4n) is 8.79. The summed E-state index contributed by atoms with van der Waals surface area (Å²) in [7, 11) is 0. The van der Waals surface area contributed by atoms with E-state index < -0.39 is 125 Å². The van der Waals surface area contributed by atoms with Crippen molar-refractivity contribution in [2.24, 2.45) is 0 Å². The van der Waals surface area contributed by atoms with Crippen molar-refractivity contribution in [1.29, 1.82) is 0 Å². The lowest BCUT2D eigenvalue weighted by atomic mass is 9.67. The quantitative estimate of drug-likeness (QED) is 0.161. The molecule has 2 aromatic heterocycles. The summed E-state index contributed by atoms with van der Waals surface area (Å²) in [6.07, 6.45) is 0. The van der Waals surface area contributed by atoms with Gasteiger partial charge >= 0.3 is 0 Å². The molecule has 0 bridgehead atoms. The van der Waals surface area contributed by atoms with Crippen LogP contribution in [0.5, 0.6) is 0 Å². The molecule has 3 nitrogen and oxygen atoms in total. The van der Waals surface area contributed by atoms with E-state index in [-0.39, 0.29) is 37.4 Å². The second-order valence-electron chi connectivity index (χ2n) is 14.7. The van der Waals surface area contributed by atoms with Gasteiger partial charge in [0.1, 0.15) is 0 Å². The largest absolute Gasteiger partial charge is 0.208 e. The standard InChI is InChI=1S/C58H37N3S/c1-4-19-38(20-5-1)42-25-10-12-29-48(42)55-59-56(61-57(60-55)50-32-18-31-47-46-28-15-17-34-53(46)62-54(47)50)49-30-13-11-26-43(49)39-35-36-45-44-27-14-16-33-51(44)58(52(45)37-39,40-21-6-2-7-22-40)41-23-8-3-9-24-41/h1-37H/i1D,4D,5D,10D,12D,15D,17D,18D,19D,20D,25D,28D,29D,31D,32D,34D. The van der Waals surface area contributed by atoms with Gasteiger partial charge in [0, 0.05) is 36.9 Å². The smallest absolute Gasteiger partial charge is 0.165 e. The van der Waals surface area contributed by atoms with Crippen LogP contribution in [-0.4, -0.2) is 15.0 Å². The molecule has 0 saturated carbocycles. The van der Waals surface area contributed by atoms with E-state index in [0.717, 1.165) is 44.7 Å². The average molecular weight is 824 g/mol. The van der Waals surface area contributed by atoms with Gasteiger partial charge in [0.15, 0.2) is 17.5 Å². The first-order valence-corrected chi connectivity index (χ1v) is 20.5. The van der Waals surface area contributed by atoms with Crippen LogP contribution in [0.25, 0.3) is 87.7 Å². The molecule has 0 unspecified atom stereocenters. The number of benzene rings is 9. The zero-order valence-corrected chi connectivity index (χ0v) is 33.2. The molecule has 0 fully saturated rings. The molecule has 1 aliphatic carbocycles. The van der Waals surface area contributed by atoms with Crippen LogP contribution in [-0.2, 0) is 5.41 Å². The van der Waals surface area contributed by atoms with Gasteiger partial charge in [-0.2, -0.15) is 0 Å². The number of fused-ring (bicyclic) bond motifs is 6. The highest BCUT2D eigenvalue weighted by atomic mass is 32.1. The molecule has 0 saturated heterocycles. The third-order valence-corrected chi connectivity index (χ3v) is 12.5. The van der Waals surface area contributed by atoms with E-state index in [0.29, 0.717) is 16.7 Å². The molecule has 11 aromatic rings. The van der Waals surface area contributed by atoms with Crippen molar-refractivity contribution in [3.8, 4) is 67.5 Å². The van der Waals surface area contributed by atoms with Crippen LogP contribution in [0.4, 0.5) is 0 Å². The maximum atomic E-state index is 9.49. The maximum absolute atomic E-state index is 9.49. The normalized spacial score (nSPS) is 16.3. The van der Waals surface area contributed by atoms with E-state index in [1.165, 1.54) is 0 Å². The fourth-order valence-corrected chi connectivity index (χ4v) is 9.85. The lowest BCUT2D eigenvalue weighted by molar-refractivity contribution is 0.769. The molecular weight excluding hydrogens is 771 g/mol. The predicted octanol–water partition coefficient (Wildman–Crippen LogP) is 14.9. The van der Waals surface area contributed by atoms with E-state index in [2.05, 4.69) is 48.5 Å². The van der Waals surface area contributed by atoms with Crippen molar-refractivity contribution in [1.82, 2.24) is 15.0 Å². The van der Waals surface area contributed by atoms with Crippen LogP contribution in [0, 0.1) is 0 Å².